The minimum absolute atomic E-state index is 0.0593. The van der Waals surface area contributed by atoms with E-state index in [1.807, 2.05) is 30.3 Å². The second kappa shape index (κ2) is 5.98. The minimum Gasteiger partial charge on any atom is -0.480 e. The fourth-order valence-electron chi connectivity index (χ4n) is 1.29. The van der Waals surface area contributed by atoms with Crippen molar-refractivity contribution in [2.45, 2.75) is 12.5 Å². The first-order valence-corrected chi connectivity index (χ1v) is 4.68. The molecule has 0 amide bonds. The summed E-state index contributed by atoms with van der Waals surface area (Å²) in [6.07, 6.45) is 1.03. The number of carboxylic acid groups (broad SMARTS) is 1. The molecule has 1 aromatic rings. The van der Waals surface area contributed by atoms with Gasteiger partial charge in [0.1, 0.15) is 6.04 Å². The average Bonchev–Trinajstić information content (AvgIpc) is 2.25. The Morgan fingerprint density at radius 1 is 1.47 bits per heavy atom. The van der Waals surface area contributed by atoms with Crippen LogP contribution in [0.15, 0.2) is 30.3 Å². The van der Waals surface area contributed by atoms with Crippen molar-refractivity contribution < 1.29 is 14.7 Å². The first kappa shape index (κ1) is 11.5. The van der Waals surface area contributed by atoms with Crippen LogP contribution in [0.3, 0.4) is 0 Å². The quantitative estimate of drug-likeness (QED) is 0.499. The van der Waals surface area contributed by atoms with Gasteiger partial charge in [-0.1, -0.05) is 30.3 Å². The summed E-state index contributed by atoms with van der Waals surface area (Å²) in [6.45, 7) is 0. The molecule has 0 aliphatic heterocycles. The number of hydrogen-bond acceptors (Lipinski definition) is 3. The van der Waals surface area contributed by atoms with Crippen LogP contribution in [0.2, 0.25) is 0 Å². The second-order valence-corrected chi connectivity index (χ2v) is 3.16. The number of hydrogen-bond donors (Lipinski definition) is 2. The van der Waals surface area contributed by atoms with E-state index in [-0.39, 0.29) is 7.41 Å². The van der Waals surface area contributed by atoms with Crippen LogP contribution < -0.4 is 5.23 Å². The van der Waals surface area contributed by atoms with Crippen LogP contribution in [-0.2, 0) is 16.0 Å². The summed E-state index contributed by atoms with van der Waals surface area (Å²) in [7, 11) is 0.0593. The summed E-state index contributed by atoms with van der Waals surface area (Å²) >= 11 is 0. The molecule has 1 atom stereocenters. The molecular formula is C10H12BNO3. The molecule has 0 heterocycles. The van der Waals surface area contributed by atoms with E-state index in [1.165, 1.54) is 0 Å². The Hall–Kier alpha value is -1.62. The molecule has 15 heavy (non-hydrogen) atoms. The number of benzene rings is 1. The zero-order chi connectivity index (χ0) is 11.1. The lowest BCUT2D eigenvalue weighted by atomic mass is 9.94. The van der Waals surface area contributed by atoms with Crippen molar-refractivity contribution in [1.82, 2.24) is 5.23 Å². The van der Waals surface area contributed by atoms with Gasteiger partial charge in [0, 0.05) is 0 Å². The van der Waals surface area contributed by atoms with Crippen molar-refractivity contribution in [3.05, 3.63) is 35.9 Å². The molecule has 4 nitrogen and oxygen atoms in total. The molecule has 0 aliphatic rings. The predicted molar refractivity (Wildman–Crippen MR) is 58.6 cm³/mol. The lowest BCUT2D eigenvalue weighted by molar-refractivity contribution is -0.138. The maximum atomic E-state index is 10.8. The summed E-state index contributed by atoms with van der Waals surface area (Å²) < 4.78 is 0. The van der Waals surface area contributed by atoms with Gasteiger partial charge in [-0.3, -0.25) is 4.79 Å². The summed E-state index contributed by atoms with van der Waals surface area (Å²) in [6, 6.07) is 8.59. The van der Waals surface area contributed by atoms with Crippen molar-refractivity contribution in [3.63, 3.8) is 0 Å². The van der Waals surface area contributed by atoms with Gasteiger partial charge in [-0.05, 0) is 12.0 Å². The Morgan fingerprint density at radius 3 is 2.67 bits per heavy atom. The lowest BCUT2D eigenvalue weighted by Gasteiger charge is -2.12. The van der Waals surface area contributed by atoms with Gasteiger partial charge in [-0.15, -0.1) is 0 Å². The van der Waals surface area contributed by atoms with E-state index in [4.69, 9.17) is 5.11 Å². The van der Waals surface area contributed by atoms with E-state index in [9.17, 15) is 9.59 Å². The predicted octanol–water partition coefficient (Wildman–Crippen LogP) is -0.186. The van der Waals surface area contributed by atoms with Crippen LogP contribution in [0.25, 0.3) is 0 Å². The van der Waals surface area contributed by atoms with Gasteiger partial charge in [-0.25, -0.2) is 0 Å². The number of carbonyl (C=O) groups is 2. The van der Waals surface area contributed by atoms with Gasteiger partial charge in [0.2, 0.25) is 0 Å². The van der Waals surface area contributed by atoms with Crippen molar-refractivity contribution in [3.8, 4) is 0 Å². The van der Waals surface area contributed by atoms with E-state index >= 15 is 0 Å². The largest absolute Gasteiger partial charge is 0.480 e. The number of carboxylic acids is 1. The maximum absolute atomic E-state index is 10.8. The van der Waals surface area contributed by atoms with Gasteiger partial charge in [0.05, 0.1) is 6.19 Å². The number of aliphatic carboxylic acids is 1. The normalized spacial score (nSPS) is 11.7. The second-order valence-electron chi connectivity index (χ2n) is 3.16. The molecule has 1 unspecified atom stereocenters. The summed E-state index contributed by atoms with van der Waals surface area (Å²) in [5, 5.41) is 11.5. The smallest absolute Gasteiger partial charge is 0.320 e. The molecule has 78 valence electrons. The molecule has 0 fully saturated rings. The molecule has 0 radical (unpaired) electrons. The monoisotopic (exact) mass is 205 g/mol. The first-order chi connectivity index (χ1) is 7.24. The molecule has 0 bridgehead atoms. The third-order valence-electron chi connectivity index (χ3n) is 2.03. The first-order valence-electron chi connectivity index (χ1n) is 4.68. The highest BCUT2D eigenvalue weighted by Gasteiger charge is 2.16. The summed E-state index contributed by atoms with van der Waals surface area (Å²) in [5.74, 6) is -0.944. The molecule has 1 aromatic carbocycles. The van der Waals surface area contributed by atoms with Crippen LogP contribution in [0, 0.1) is 0 Å². The minimum atomic E-state index is -0.944. The van der Waals surface area contributed by atoms with E-state index in [1.54, 1.807) is 0 Å². The van der Waals surface area contributed by atoms with Crippen LogP contribution in [0.4, 0.5) is 0 Å². The summed E-state index contributed by atoms with van der Waals surface area (Å²) in [4.78, 5) is 21.0. The fraction of sp³-hybridized carbons (Fsp3) is 0.200. The van der Waals surface area contributed by atoms with Crippen LogP contribution >= 0.6 is 0 Å². The molecular weight excluding hydrogens is 193 g/mol. The fourth-order valence-corrected chi connectivity index (χ4v) is 1.29. The van der Waals surface area contributed by atoms with Gasteiger partial charge < -0.3 is 15.1 Å². The van der Waals surface area contributed by atoms with Gasteiger partial charge in [0.15, 0.2) is 0 Å². The highest BCUT2D eigenvalue weighted by molar-refractivity contribution is 6.64. The average molecular weight is 205 g/mol. The van der Waals surface area contributed by atoms with Crippen LogP contribution in [0.1, 0.15) is 5.56 Å². The van der Waals surface area contributed by atoms with Crippen molar-refractivity contribution in [1.29, 1.82) is 0 Å². The molecule has 5 heteroatoms. The molecule has 0 saturated carbocycles. The van der Waals surface area contributed by atoms with Gasteiger partial charge in [0.25, 0.3) is 7.41 Å². The van der Waals surface area contributed by atoms with E-state index < -0.39 is 12.0 Å². The Morgan fingerprint density at radius 2 is 2.13 bits per heavy atom. The van der Waals surface area contributed by atoms with Crippen LogP contribution in [0.5, 0.6) is 0 Å². The number of carbonyl (C=O) groups excluding carboxylic acids is 1. The van der Waals surface area contributed by atoms with Crippen molar-refractivity contribution in [2.75, 3.05) is 0 Å². The highest BCUT2D eigenvalue weighted by Crippen LogP contribution is 2.02. The van der Waals surface area contributed by atoms with Crippen LogP contribution in [-0.4, -0.2) is 30.7 Å². The Kier molecular flexibility index (Phi) is 4.57. The molecule has 0 aromatic heterocycles. The van der Waals surface area contributed by atoms with Gasteiger partial charge >= 0.3 is 5.97 Å². The Bertz CT molecular complexity index is 329. The zero-order valence-electron chi connectivity index (χ0n) is 8.22. The third-order valence-corrected chi connectivity index (χ3v) is 2.03. The van der Waals surface area contributed by atoms with E-state index in [0.717, 1.165) is 5.56 Å². The maximum Gasteiger partial charge on any atom is 0.320 e. The van der Waals surface area contributed by atoms with E-state index in [0.29, 0.717) is 12.6 Å². The molecule has 0 aliphatic carbocycles. The molecule has 1 rings (SSSR count). The van der Waals surface area contributed by atoms with Gasteiger partial charge in [-0.2, -0.15) is 0 Å². The van der Waals surface area contributed by atoms with Crippen molar-refractivity contribution in [2.24, 2.45) is 0 Å². The molecule has 0 spiro atoms. The van der Waals surface area contributed by atoms with E-state index in [2.05, 4.69) is 5.23 Å². The lowest BCUT2D eigenvalue weighted by Crippen LogP contribution is -2.41. The molecule has 0 saturated heterocycles. The number of rotatable bonds is 6. The molecule has 2 N–H and O–H groups in total. The Balaban J connectivity index is 2.58. The summed E-state index contributed by atoms with van der Waals surface area (Å²) in [5.41, 5.74) is 0.934. The SMILES string of the molecule is O=CBNC(Cc1ccccc1)C(=O)O. The van der Waals surface area contributed by atoms with Crippen molar-refractivity contribution >= 4 is 19.6 Å². The Labute approximate surface area is 88.6 Å². The highest BCUT2D eigenvalue weighted by atomic mass is 16.4. The topological polar surface area (TPSA) is 66.4 Å². The standard InChI is InChI=1S/C10H12BNO3/c13-7-11-12-9(10(14)15)6-8-4-2-1-3-5-8/h1-5,7,9,11-12H,6H2,(H,14,15). The number of nitrogens with one attached hydrogen (secondary N) is 1. The zero-order valence-corrected chi connectivity index (χ0v) is 8.22. The third kappa shape index (κ3) is 3.95.